The first kappa shape index (κ1) is 15.5. The molecule has 1 amide bonds. The molecule has 1 aromatic carbocycles. The van der Waals surface area contributed by atoms with Crippen molar-refractivity contribution in [3.05, 3.63) is 35.4 Å². The molecular weight excluding hydrogens is 276 g/mol. The number of aliphatic hydroxyl groups excluding tert-OH is 1. The minimum absolute atomic E-state index is 0.0225. The van der Waals surface area contributed by atoms with Crippen LogP contribution in [0.3, 0.4) is 0 Å². The zero-order chi connectivity index (χ0) is 15.5. The normalized spacial score (nSPS) is 26.5. The predicted octanol–water partition coefficient (Wildman–Crippen LogP) is 1.71. The molecule has 0 saturated heterocycles. The summed E-state index contributed by atoms with van der Waals surface area (Å²) in [5.41, 5.74) is 2.85. The van der Waals surface area contributed by atoms with E-state index in [2.05, 4.69) is 41.4 Å². The first-order valence-electron chi connectivity index (χ1n) is 8.42. The summed E-state index contributed by atoms with van der Waals surface area (Å²) in [5, 5.41) is 12.8. The molecule has 0 spiro atoms. The van der Waals surface area contributed by atoms with Crippen LogP contribution in [0.4, 0.5) is 0 Å². The fraction of sp³-hybridized carbons (Fsp3) is 0.611. The number of amides is 1. The largest absolute Gasteiger partial charge is 0.392 e. The highest BCUT2D eigenvalue weighted by atomic mass is 16.3. The summed E-state index contributed by atoms with van der Waals surface area (Å²) in [7, 11) is 0. The Kier molecular flexibility index (Phi) is 4.79. The first-order valence-corrected chi connectivity index (χ1v) is 8.42. The van der Waals surface area contributed by atoms with Gasteiger partial charge in [0.25, 0.3) is 0 Å². The monoisotopic (exact) mass is 302 g/mol. The van der Waals surface area contributed by atoms with Gasteiger partial charge in [0, 0.05) is 25.7 Å². The highest BCUT2D eigenvalue weighted by molar-refractivity contribution is 5.79. The lowest BCUT2D eigenvalue weighted by atomic mass is 9.99. The molecule has 0 aromatic heterocycles. The number of carbonyl (C=O) groups excluding carboxylic acids is 1. The van der Waals surface area contributed by atoms with Crippen LogP contribution in [0.2, 0.25) is 0 Å². The molecule has 3 atom stereocenters. The molecule has 22 heavy (non-hydrogen) atoms. The van der Waals surface area contributed by atoms with Gasteiger partial charge in [0.15, 0.2) is 0 Å². The highest BCUT2D eigenvalue weighted by Crippen LogP contribution is 2.25. The van der Waals surface area contributed by atoms with Crippen LogP contribution in [-0.2, 0) is 17.8 Å². The van der Waals surface area contributed by atoms with E-state index >= 15 is 0 Å². The van der Waals surface area contributed by atoms with Crippen molar-refractivity contribution in [1.82, 2.24) is 10.2 Å². The zero-order valence-corrected chi connectivity index (χ0v) is 13.3. The number of fused-ring (bicyclic) bond motifs is 1. The third-order valence-corrected chi connectivity index (χ3v) is 5.17. The van der Waals surface area contributed by atoms with Gasteiger partial charge in [0.1, 0.15) is 0 Å². The lowest BCUT2D eigenvalue weighted by Crippen LogP contribution is -2.46. The van der Waals surface area contributed by atoms with Gasteiger partial charge in [-0.05, 0) is 43.7 Å². The van der Waals surface area contributed by atoms with Crippen LogP contribution >= 0.6 is 0 Å². The number of aliphatic hydroxyl groups is 1. The van der Waals surface area contributed by atoms with E-state index in [-0.39, 0.29) is 11.8 Å². The Bertz CT molecular complexity index is 532. The Hall–Kier alpha value is -1.39. The molecule has 4 heteroatoms. The molecule has 1 saturated carbocycles. The molecule has 1 aliphatic heterocycles. The number of nitrogens with one attached hydrogen (secondary N) is 1. The third-order valence-electron chi connectivity index (χ3n) is 5.17. The Morgan fingerprint density at radius 1 is 1.36 bits per heavy atom. The van der Waals surface area contributed by atoms with Crippen molar-refractivity contribution >= 4 is 5.91 Å². The van der Waals surface area contributed by atoms with E-state index < -0.39 is 6.10 Å². The van der Waals surface area contributed by atoms with E-state index in [0.717, 1.165) is 38.8 Å². The fourth-order valence-electron chi connectivity index (χ4n) is 3.65. The van der Waals surface area contributed by atoms with Gasteiger partial charge in [-0.3, -0.25) is 9.69 Å². The van der Waals surface area contributed by atoms with Crippen molar-refractivity contribution in [2.24, 2.45) is 5.92 Å². The molecule has 0 radical (unpaired) electrons. The minimum Gasteiger partial charge on any atom is -0.392 e. The smallest absolute Gasteiger partial charge is 0.225 e. The predicted molar refractivity (Wildman–Crippen MR) is 86.4 cm³/mol. The Labute approximate surface area is 132 Å². The van der Waals surface area contributed by atoms with Gasteiger partial charge in [-0.25, -0.2) is 0 Å². The maximum atomic E-state index is 12.2. The summed E-state index contributed by atoms with van der Waals surface area (Å²) in [5.74, 6) is -0.177. The number of rotatable bonds is 4. The van der Waals surface area contributed by atoms with E-state index in [1.165, 1.54) is 11.1 Å². The Morgan fingerprint density at radius 2 is 2.14 bits per heavy atom. The molecule has 1 aliphatic carbocycles. The van der Waals surface area contributed by atoms with Crippen LogP contribution in [0.15, 0.2) is 24.3 Å². The quantitative estimate of drug-likeness (QED) is 0.890. The summed E-state index contributed by atoms with van der Waals surface area (Å²) in [6.45, 7) is 4.82. The standard InChI is InChI=1S/C18H26N2O2/c1-13(11-19-18(22)16-7-4-8-17(16)21)20-10-9-14-5-2-3-6-15(14)12-20/h2-3,5-6,13,16-17,21H,4,7-12H2,1H3,(H,19,22). The van der Waals surface area contributed by atoms with E-state index in [9.17, 15) is 9.90 Å². The van der Waals surface area contributed by atoms with Crippen LogP contribution in [0, 0.1) is 5.92 Å². The summed E-state index contributed by atoms with van der Waals surface area (Å²) < 4.78 is 0. The number of carbonyl (C=O) groups is 1. The van der Waals surface area contributed by atoms with Crippen molar-refractivity contribution in [1.29, 1.82) is 0 Å². The summed E-state index contributed by atoms with van der Waals surface area (Å²) in [6.07, 6.45) is 3.17. The van der Waals surface area contributed by atoms with Crippen LogP contribution in [0.25, 0.3) is 0 Å². The van der Waals surface area contributed by atoms with Gasteiger partial charge in [-0.1, -0.05) is 24.3 Å². The third kappa shape index (κ3) is 3.33. The lowest BCUT2D eigenvalue weighted by molar-refractivity contribution is -0.127. The minimum atomic E-state index is -0.447. The summed E-state index contributed by atoms with van der Waals surface area (Å²) in [4.78, 5) is 14.6. The number of nitrogens with zero attached hydrogens (tertiary/aromatic N) is 1. The van der Waals surface area contributed by atoms with E-state index in [0.29, 0.717) is 12.6 Å². The molecule has 1 heterocycles. The van der Waals surface area contributed by atoms with Gasteiger partial charge in [-0.15, -0.1) is 0 Å². The van der Waals surface area contributed by atoms with Crippen molar-refractivity contribution in [2.75, 3.05) is 13.1 Å². The van der Waals surface area contributed by atoms with E-state index in [4.69, 9.17) is 0 Å². The topological polar surface area (TPSA) is 52.6 Å². The summed E-state index contributed by atoms with van der Waals surface area (Å²) in [6, 6.07) is 8.92. The molecule has 1 aromatic rings. The number of benzene rings is 1. The van der Waals surface area contributed by atoms with Gasteiger partial charge in [0.05, 0.1) is 12.0 Å². The average molecular weight is 302 g/mol. The molecule has 3 unspecified atom stereocenters. The molecule has 120 valence electrons. The second kappa shape index (κ2) is 6.80. The molecule has 0 bridgehead atoms. The van der Waals surface area contributed by atoms with Crippen LogP contribution in [0.5, 0.6) is 0 Å². The maximum Gasteiger partial charge on any atom is 0.225 e. The molecule has 4 nitrogen and oxygen atoms in total. The van der Waals surface area contributed by atoms with E-state index in [1.54, 1.807) is 0 Å². The fourth-order valence-corrected chi connectivity index (χ4v) is 3.65. The Morgan fingerprint density at radius 3 is 2.86 bits per heavy atom. The molecule has 1 fully saturated rings. The lowest BCUT2D eigenvalue weighted by Gasteiger charge is -2.34. The van der Waals surface area contributed by atoms with Crippen molar-refractivity contribution < 1.29 is 9.90 Å². The summed E-state index contributed by atoms with van der Waals surface area (Å²) >= 11 is 0. The number of hydrogen-bond donors (Lipinski definition) is 2. The van der Waals surface area contributed by atoms with Gasteiger partial charge >= 0.3 is 0 Å². The van der Waals surface area contributed by atoms with E-state index in [1.807, 2.05) is 0 Å². The molecular formula is C18H26N2O2. The zero-order valence-electron chi connectivity index (χ0n) is 13.3. The molecule has 3 rings (SSSR count). The highest BCUT2D eigenvalue weighted by Gasteiger charge is 2.31. The average Bonchev–Trinajstić information content (AvgIpc) is 2.98. The van der Waals surface area contributed by atoms with Crippen molar-refractivity contribution in [3.63, 3.8) is 0 Å². The van der Waals surface area contributed by atoms with Gasteiger partial charge in [0.2, 0.25) is 5.91 Å². The number of hydrogen-bond acceptors (Lipinski definition) is 3. The SMILES string of the molecule is CC(CNC(=O)C1CCCC1O)N1CCc2ccccc2C1. The van der Waals surface area contributed by atoms with Crippen molar-refractivity contribution in [2.45, 2.75) is 51.3 Å². The second-order valence-corrected chi connectivity index (χ2v) is 6.69. The van der Waals surface area contributed by atoms with Crippen molar-refractivity contribution in [3.8, 4) is 0 Å². The molecule has 2 N–H and O–H groups in total. The van der Waals surface area contributed by atoms with Crippen LogP contribution < -0.4 is 5.32 Å². The first-order chi connectivity index (χ1) is 10.6. The van der Waals surface area contributed by atoms with Crippen LogP contribution in [-0.4, -0.2) is 41.1 Å². The van der Waals surface area contributed by atoms with Gasteiger partial charge in [-0.2, -0.15) is 0 Å². The Balaban J connectivity index is 1.50. The second-order valence-electron chi connectivity index (χ2n) is 6.69. The van der Waals surface area contributed by atoms with Gasteiger partial charge < -0.3 is 10.4 Å². The molecule has 2 aliphatic rings. The van der Waals surface area contributed by atoms with Crippen LogP contribution in [0.1, 0.15) is 37.3 Å². The maximum absolute atomic E-state index is 12.2.